The highest BCUT2D eigenvalue weighted by molar-refractivity contribution is 6.05. The van der Waals surface area contributed by atoms with E-state index in [1.165, 1.54) is 0 Å². The van der Waals surface area contributed by atoms with Gasteiger partial charge in [0.1, 0.15) is 24.1 Å². The number of hydrogen-bond donors (Lipinski definition) is 4. The Morgan fingerprint density at radius 1 is 1.06 bits per heavy atom. The lowest BCUT2D eigenvalue weighted by Gasteiger charge is -2.26. The SMILES string of the molecule is N=C(N)c1ccc2ccc(C3Cc4cc(OC5CCNCC5)ccc4N3C(=O)CC(=O)O)cc2c1. The quantitative estimate of drug-likeness (QED) is 0.247. The van der Waals surface area contributed by atoms with E-state index in [0.29, 0.717) is 12.0 Å². The summed E-state index contributed by atoms with van der Waals surface area (Å²) >= 11 is 0. The number of nitrogens with two attached hydrogens (primary N) is 1. The van der Waals surface area contributed by atoms with E-state index in [2.05, 4.69) is 5.32 Å². The summed E-state index contributed by atoms with van der Waals surface area (Å²) in [5.74, 6) is -0.847. The van der Waals surface area contributed by atoms with E-state index in [0.717, 1.165) is 59.3 Å². The molecule has 0 spiro atoms. The smallest absolute Gasteiger partial charge is 0.312 e. The Hall–Kier alpha value is -3.91. The fraction of sp³-hybridized carbons (Fsp3) is 0.296. The third-order valence-corrected chi connectivity index (χ3v) is 6.76. The van der Waals surface area contributed by atoms with E-state index in [1.54, 1.807) is 4.90 Å². The zero-order valence-electron chi connectivity index (χ0n) is 19.3. The van der Waals surface area contributed by atoms with Crippen LogP contribution in [0.5, 0.6) is 5.75 Å². The van der Waals surface area contributed by atoms with Crippen molar-refractivity contribution in [3.8, 4) is 5.75 Å². The minimum Gasteiger partial charge on any atom is -0.490 e. The van der Waals surface area contributed by atoms with Gasteiger partial charge in [0.05, 0.1) is 6.04 Å². The van der Waals surface area contributed by atoms with Crippen molar-refractivity contribution in [2.75, 3.05) is 18.0 Å². The number of anilines is 1. The maximum atomic E-state index is 13.1. The molecule has 8 heteroatoms. The van der Waals surface area contributed by atoms with Gasteiger partial charge >= 0.3 is 5.97 Å². The summed E-state index contributed by atoms with van der Waals surface area (Å²) in [5, 5.41) is 22.3. The number of carboxylic acids is 1. The van der Waals surface area contributed by atoms with Crippen LogP contribution in [0.2, 0.25) is 0 Å². The topological polar surface area (TPSA) is 129 Å². The standard InChI is InChI=1S/C27H28N4O4/c28-27(29)18-4-2-16-1-3-17(11-19(16)12-18)24-14-20-13-22(35-21-7-9-30-10-8-21)5-6-23(20)31(24)25(32)15-26(33)34/h1-6,11-13,21,24,30H,7-10,14-15H2,(H3,28,29)(H,33,34). The van der Waals surface area contributed by atoms with Gasteiger partial charge in [0.15, 0.2) is 0 Å². The molecule has 1 atom stereocenters. The molecule has 2 heterocycles. The lowest BCUT2D eigenvalue weighted by molar-refractivity contribution is -0.140. The number of carboxylic acid groups (broad SMARTS) is 1. The van der Waals surface area contributed by atoms with Gasteiger partial charge in [0.25, 0.3) is 0 Å². The van der Waals surface area contributed by atoms with Crippen LogP contribution in [0.1, 0.15) is 42.0 Å². The molecule has 1 saturated heterocycles. The van der Waals surface area contributed by atoms with E-state index in [1.807, 2.05) is 54.6 Å². The maximum Gasteiger partial charge on any atom is 0.312 e. The van der Waals surface area contributed by atoms with Crippen molar-refractivity contribution < 1.29 is 19.4 Å². The molecule has 0 aromatic heterocycles. The molecule has 1 fully saturated rings. The normalized spacial score (nSPS) is 17.8. The second kappa shape index (κ2) is 9.38. The molecular formula is C27H28N4O4. The van der Waals surface area contributed by atoms with E-state index in [4.69, 9.17) is 15.9 Å². The Balaban J connectivity index is 1.50. The molecule has 5 rings (SSSR count). The van der Waals surface area contributed by atoms with E-state index in [9.17, 15) is 14.7 Å². The van der Waals surface area contributed by atoms with Crippen LogP contribution in [0.4, 0.5) is 5.69 Å². The molecule has 0 aliphatic carbocycles. The number of aliphatic carboxylic acids is 1. The van der Waals surface area contributed by atoms with Crippen molar-refractivity contribution >= 4 is 34.2 Å². The number of ether oxygens (including phenoxy) is 1. The summed E-state index contributed by atoms with van der Waals surface area (Å²) in [5.41, 5.74) is 8.87. The monoisotopic (exact) mass is 472 g/mol. The third kappa shape index (κ3) is 4.70. The number of nitrogen functional groups attached to an aromatic ring is 1. The summed E-state index contributed by atoms with van der Waals surface area (Å²) in [7, 11) is 0. The lowest BCUT2D eigenvalue weighted by Crippen LogP contribution is -2.34. The minimum absolute atomic E-state index is 0.00915. The molecule has 2 aliphatic rings. The Bertz CT molecular complexity index is 1320. The van der Waals surface area contributed by atoms with Crippen LogP contribution in [0.3, 0.4) is 0 Å². The Labute approximate surface area is 203 Å². The molecule has 3 aromatic rings. The van der Waals surface area contributed by atoms with Gasteiger partial charge in [-0.15, -0.1) is 0 Å². The predicted molar refractivity (Wildman–Crippen MR) is 134 cm³/mol. The Kier molecular flexibility index (Phi) is 6.13. The fourth-order valence-electron chi connectivity index (χ4n) is 5.04. The molecule has 2 aliphatic heterocycles. The molecule has 1 unspecified atom stereocenters. The Morgan fingerprint density at radius 2 is 1.83 bits per heavy atom. The Morgan fingerprint density at radius 3 is 2.57 bits per heavy atom. The number of rotatable bonds is 6. The second-order valence-electron chi connectivity index (χ2n) is 9.15. The molecule has 8 nitrogen and oxygen atoms in total. The van der Waals surface area contributed by atoms with Crippen LogP contribution in [0.15, 0.2) is 54.6 Å². The van der Waals surface area contributed by atoms with Gasteiger partial charge in [-0.2, -0.15) is 0 Å². The van der Waals surface area contributed by atoms with Gasteiger partial charge < -0.3 is 25.8 Å². The highest BCUT2D eigenvalue weighted by Gasteiger charge is 2.36. The maximum absolute atomic E-state index is 13.1. The van der Waals surface area contributed by atoms with Crippen LogP contribution in [-0.2, 0) is 16.0 Å². The van der Waals surface area contributed by atoms with Crippen LogP contribution in [0, 0.1) is 5.41 Å². The number of carbonyl (C=O) groups is 2. The van der Waals surface area contributed by atoms with Crippen molar-refractivity contribution in [1.29, 1.82) is 5.41 Å². The average molecular weight is 473 g/mol. The number of piperidine rings is 1. The van der Waals surface area contributed by atoms with Gasteiger partial charge in [0.2, 0.25) is 5.91 Å². The number of benzene rings is 3. The highest BCUT2D eigenvalue weighted by Crippen LogP contribution is 2.43. The number of hydrogen-bond acceptors (Lipinski definition) is 5. The average Bonchev–Trinajstić information content (AvgIpc) is 3.22. The molecule has 0 radical (unpaired) electrons. The molecular weight excluding hydrogens is 444 g/mol. The van der Waals surface area contributed by atoms with Gasteiger partial charge in [-0.1, -0.05) is 24.3 Å². The lowest BCUT2D eigenvalue weighted by atomic mass is 9.97. The first kappa shape index (κ1) is 22.9. The fourth-order valence-corrected chi connectivity index (χ4v) is 5.04. The molecule has 0 saturated carbocycles. The van der Waals surface area contributed by atoms with Crippen molar-refractivity contribution in [3.05, 3.63) is 71.3 Å². The van der Waals surface area contributed by atoms with Crippen molar-refractivity contribution in [2.24, 2.45) is 5.73 Å². The predicted octanol–water partition coefficient (Wildman–Crippen LogP) is 3.36. The van der Waals surface area contributed by atoms with E-state index < -0.39 is 18.3 Å². The molecule has 0 bridgehead atoms. The number of nitrogens with zero attached hydrogens (tertiary/aromatic N) is 1. The summed E-state index contributed by atoms with van der Waals surface area (Å²) < 4.78 is 6.21. The number of carbonyl (C=O) groups excluding carboxylic acids is 1. The van der Waals surface area contributed by atoms with Crippen LogP contribution >= 0.6 is 0 Å². The van der Waals surface area contributed by atoms with E-state index in [-0.39, 0.29) is 18.0 Å². The molecule has 35 heavy (non-hydrogen) atoms. The zero-order chi connectivity index (χ0) is 24.5. The number of amides is 1. The zero-order valence-corrected chi connectivity index (χ0v) is 19.3. The summed E-state index contributed by atoms with van der Waals surface area (Å²) in [6, 6.07) is 16.9. The number of amidine groups is 1. The van der Waals surface area contributed by atoms with Crippen LogP contribution < -0.4 is 20.7 Å². The van der Waals surface area contributed by atoms with Gasteiger partial charge in [-0.25, -0.2) is 0 Å². The molecule has 3 aromatic carbocycles. The summed E-state index contributed by atoms with van der Waals surface area (Å²) in [6.07, 6.45) is 2.03. The first-order valence-corrected chi connectivity index (χ1v) is 11.8. The number of fused-ring (bicyclic) bond motifs is 2. The molecule has 1 amide bonds. The summed E-state index contributed by atoms with van der Waals surface area (Å²) in [6.45, 7) is 1.87. The highest BCUT2D eigenvalue weighted by atomic mass is 16.5. The molecule has 5 N–H and O–H groups in total. The van der Waals surface area contributed by atoms with Gasteiger partial charge in [-0.3, -0.25) is 15.0 Å². The van der Waals surface area contributed by atoms with Gasteiger partial charge in [-0.05, 0) is 84.6 Å². The largest absolute Gasteiger partial charge is 0.490 e. The second-order valence-corrected chi connectivity index (χ2v) is 9.15. The van der Waals surface area contributed by atoms with Crippen LogP contribution in [0.25, 0.3) is 10.8 Å². The first-order valence-electron chi connectivity index (χ1n) is 11.8. The van der Waals surface area contributed by atoms with Crippen LogP contribution in [-0.4, -0.2) is 42.0 Å². The third-order valence-electron chi connectivity index (χ3n) is 6.76. The van der Waals surface area contributed by atoms with Crippen molar-refractivity contribution in [2.45, 2.75) is 37.8 Å². The van der Waals surface area contributed by atoms with E-state index >= 15 is 0 Å². The van der Waals surface area contributed by atoms with Crippen molar-refractivity contribution in [1.82, 2.24) is 5.32 Å². The summed E-state index contributed by atoms with van der Waals surface area (Å²) in [4.78, 5) is 26.0. The van der Waals surface area contributed by atoms with Crippen molar-refractivity contribution in [3.63, 3.8) is 0 Å². The minimum atomic E-state index is -1.15. The van der Waals surface area contributed by atoms with Gasteiger partial charge in [0, 0.05) is 11.3 Å². The number of nitrogens with one attached hydrogen (secondary N) is 2. The molecule has 180 valence electrons. The first-order chi connectivity index (χ1) is 16.9.